The summed E-state index contributed by atoms with van der Waals surface area (Å²) in [5.74, 6) is 2.49. The molecule has 0 saturated carbocycles. The molecule has 29 heavy (non-hydrogen) atoms. The second-order valence-corrected chi connectivity index (χ2v) is 8.01. The third-order valence-corrected chi connectivity index (χ3v) is 5.79. The van der Waals surface area contributed by atoms with Gasteiger partial charge in [0.25, 0.3) is 0 Å². The number of nitrogens with zero attached hydrogens (tertiary/aromatic N) is 4. The number of ether oxygens (including phenoxy) is 1. The van der Waals surface area contributed by atoms with Gasteiger partial charge in [0.1, 0.15) is 18.0 Å². The fourth-order valence-electron chi connectivity index (χ4n) is 3.86. The molecule has 156 valence electrons. The second-order valence-electron chi connectivity index (χ2n) is 8.01. The van der Waals surface area contributed by atoms with Crippen molar-refractivity contribution in [2.24, 2.45) is 5.92 Å². The Balaban J connectivity index is 1.28. The van der Waals surface area contributed by atoms with E-state index in [1.54, 1.807) is 6.33 Å². The van der Waals surface area contributed by atoms with Gasteiger partial charge < -0.3 is 20.3 Å². The normalized spacial score (nSPS) is 18.6. The van der Waals surface area contributed by atoms with Gasteiger partial charge in [-0.25, -0.2) is 9.97 Å². The molecule has 0 atom stereocenters. The lowest BCUT2D eigenvalue weighted by molar-refractivity contribution is 0.0398. The molecule has 0 spiro atoms. The zero-order valence-electron chi connectivity index (χ0n) is 17.3. The number of morpholine rings is 1. The number of anilines is 4. The summed E-state index contributed by atoms with van der Waals surface area (Å²) in [4.78, 5) is 13.6. The van der Waals surface area contributed by atoms with Crippen LogP contribution >= 0.6 is 0 Å². The fraction of sp³-hybridized carbons (Fsp3) is 0.545. The van der Waals surface area contributed by atoms with E-state index < -0.39 is 0 Å². The molecule has 2 fully saturated rings. The fourth-order valence-corrected chi connectivity index (χ4v) is 3.86. The highest BCUT2D eigenvalue weighted by Crippen LogP contribution is 2.25. The van der Waals surface area contributed by atoms with Crippen LogP contribution < -0.4 is 15.5 Å². The van der Waals surface area contributed by atoms with Crippen LogP contribution in [0.2, 0.25) is 0 Å². The molecule has 2 aliphatic heterocycles. The van der Waals surface area contributed by atoms with Gasteiger partial charge in [-0.2, -0.15) is 0 Å². The Morgan fingerprint density at radius 1 is 1.00 bits per heavy atom. The molecule has 2 aromatic rings. The molecule has 2 aliphatic rings. The average Bonchev–Trinajstić information content (AvgIpc) is 2.76. The van der Waals surface area contributed by atoms with Crippen LogP contribution in [0.25, 0.3) is 0 Å². The summed E-state index contributed by atoms with van der Waals surface area (Å²) < 4.78 is 5.39. The van der Waals surface area contributed by atoms with E-state index in [-0.39, 0.29) is 0 Å². The number of hydrogen-bond acceptors (Lipinski definition) is 7. The summed E-state index contributed by atoms with van der Waals surface area (Å²) in [5.41, 5.74) is 2.34. The van der Waals surface area contributed by atoms with Crippen LogP contribution in [-0.2, 0) is 4.74 Å². The van der Waals surface area contributed by atoms with Crippen LogP contribution in [0.1, 0.15) is 19.8 Å². The minimum Gasteiger partial charge on any atom is -0.379 e. The van der Waals surface area contributed by atoms with E-state index in [2.05, 4.69) is 61.6 Å². The molecule has 3 heterocycles. The third-order valence-electron chi connectivity index (χ3n) is 5.79. The van der Waals surface area contributed by atoms with E-state index in [0.29, 0.717) is 0 Å². The van der Waals surface area contributed by atoms with Crippen molar-refractivity contribution in [1.82, 2.24) is 14.9 Å². The van der Waals surface area contributed by atoms with Crippen LogP contribution in [0.15, 0.2) is 36.7 Å². The van der Waals surface area contributed by atoms with Crippen LogP contribution in [-0.4, -0.2) is 67.4 Å². The highest BCUT2D eigenvalue weighted by atomic mass is 16.5. The van der Waals surface area contributed by atoms with Gasteiger partial charge in [0.2, 0.25) is 0 Å². The minimum absolute atomic E-state index is 0.799. The van der Waals surface area contributed by atoms with Crippen LogP contribution in [0.3, 0.4) is 0 Å². The van der Waals surface area contributed by atoms with E-state index in [4.69, 9.17) is 4.74 Å². The van der Waals surface area contributed by atoms with Crippen molar-refractivity contribution in [1.29, 1.82) is 0 Å². The lowest BCUT2D eigenvalue weighted by Crippen LogP contribution is -2.39. The first-order valence-corrected chi connectivity index (χ1v) is 10.7. The lowest BCUT2D eigenvalue weighted by atomic mass is 9.99. The van der Waals surface area contributed by atoms with E-state index in [0.717, 1.165) is 75.7 Å². The monoisotopic (exact) mass is 396 g/mol. The van der Waals surface area contributed by atoms with Crippen molar-refractivity contribution >= 4 is 23.0 Å². The topological polar surface area (TPSA) is 65.5 Å². The van der Waals surface area contributed by atoms with Crippen molar-refractivity contribution in [2.45, 2.75) is 19.8 Å². The Labute approximate surface area is 173 Å². The van der Waals surface area contributed by atoms with Gasteiger partial charge in [0.15, 0.2) is 0 Å². The van der Waals surface area contributed by atoms with Gasteiger partial charge in [0.05, 0.1) is 13.2 Å². The predicted octanol–water partition coefficient (Wildman–Crippen LogP) is 3.20. The Kier molecular flexibility index (Phi) is 6.79. The third kappa shape index (κ3) is 5.81. The SMILES string of the molecule is CC1CCN(c2ccc(Nc3cc(NCCN4CCOCC4)ncn3)cc2)CC1. The van der Waals surface area contributed by atoms with Crippen molar-refractivity contribution in [3.8, 4) is 0 Å². The highest BCUT2D eigenvalue weighted by Gasteiger charge is 2.15. The zero-order valence-corrected chi connectivity index (χ0v) is 17.3. The van der Waals surface area contributed by atoms with Gasteiger partial charge in [0, 0.05) is 56.7 Å². The second kappa shape index (κ2) is 9.89. The molecular weight excluding hydrogens is 364 g/mol. The Hall–Kier alpha value is -2.38. The van der Waals surface area contributed by atoms with E-state index in [1.165, 1.54) is 18.5 Å². The molecule has 0 aliphatic carbocycles. The van der Waals surface area contributed by atoms with Gasteiger partial charge in [-0.15, -0.1) is 0 Å². The molecule has 1 aromatic heterocycles. The van der Waals surface area contributed by atoms with Gasteiger partial charge >= 0.3 is 0 Å². The van der Waals surface area contributed by atoms with Gasteiger partial charge in [-0.05, 0) is 43.0 Å². The van der Waals surface area contributed by atoms with Crippen LogP contribution in [0.5, 0.6) is 0 Å². The molecule has 7 heteroatoms. The molecule has 0 unspecified atom stereocenters. The average molecular weight is 397 g/mol. The summed E-state index contributed by atoms with van der Waals surface area (Å²) in [5, 5.41) is 6.78. The maximum absolute atomic E-state index is 5.39. The van der Waals surface area contributed by atoms with Gasteiger partial charge in [-0.3, -0.25) is 4.90 Å². The summed E-state index contributed by atoms with van der Waals surface area (Å²) in [6, 6.07) is 10.6. The Morgan fingerprint density at radius 2 is 1.72 bits per heavy atom. The molecule has 2 N–H and O–H groups in total. The van der Waals surface area contributed by atoms with Crippen molar-refractivity contribution < 1.29 is 4.74 Å². The summed E-state index contributed by atoms with van der Waals surface area (Å²) in [6.45, 7) is 10.2. The molecule has 0 radical (unpaired) electrons. The van der Waals surface area contributed by atoms with Crippen molar-refractivity contribution in [3.63, 3.8) is 0 Å². The Bertz CT molecular complexity index is 754. The lowest BCUT2D eigenvalue weighted by Gasteiger charge is -2.32. The molecule has 0 amide bonds. The quantitative estimate of drug-likeness (QED) is 0.745. The first-order chi connectivity index (χ1) is 14.3. The zero-order chi connectivity index (χ0) is 19.9. The Morgan fingerprint density at radius 3 is 2.48 bits per heavy atom. The molecule has 0 bridgehead atoms. The maximum Gasteiger partial charge on any atom is 0.135 e. The molecular formula is C22H32N6O. The van der Waals surface area contributed by atoms with Crippen molar-refractivity contribution in [3.05, 3.63) is 36.7 Å². The van der Waals surface area contributed by atoms with Crippen LogP contribution in [0.4, 0.5) is 23.0 Å². The number of nitrogens with one attached hydrogen (secondary N) is 2. The van der Waals surface area contributed by atoms with Gasteiger partial charge in [-0.1, -0.05) is 6.92 Å². The predicted molar refractivity (Wildman–Crippen MR) is 118 cm³/mol. The summed E-state index contributed by atoms with van der Waals surface area (Å²) in [7, 11) is 0. The standard InChI is InChI=1S/C22H32N6O/c1-18-6-9-28(10-7-18)20-4-2-19(3-5-20)26-22-16-21(24-17-25-22)23-8-11-27-12-14-29-15-13-27/h2-5,16-18H,6-15H2,1H3,(H2,23,24,25,26). The maximum atomic E-state index is 5.39. The molecule has 7 nitrogen and oxygen atoms in total. The van der Waals surface area contributed by atoms with E-state index >= 15 is 0 Å². The molecule has 1 aromatic carbocycles. The first kappa shape index (κ1) is 19.9. The molecule has 4 rings (SSSR count). The summed E-state index contributed by atoms with van der Waals surface area (Å²) >= 11 is 0. The highest BCUT2D eigenvalue weighted by molar-refractivity contribution is 5.62. The number of aromatic nitrogens is 2. The largest absolute Gasteiger partial charge is 0.379 e. The number of hydrogen-bond donors (Lipinski definition) is 2. The smallest absolute Gasteiger partial charge is 0.135 e. The number of rotatable bonds is 7. The molecule has 2 saturated heterocycles. The first-order valence-electron chi connectivity index (χ1n) is 10.7. The number of piperidine rings is 1. The van der Waals surface area contributed by atoms with Crippen molar-refractivity contribution in [2.75, 3.05) is 68.0 Å². The minimum atomic E-state index is 0.799. The van der Waals surface area contributed by atoms with Crippen LogP contribution in [0, 0.1) is 5.92 Å². The number of benzene rings is 1. The van der Waals surface area contributed by atoms with E-state index in [1.807, 2.05) is 6.07 Å². The summed E-state index contributed by atoms with van der Waals surface area (Å²) in [6.07, 6.45) is 4.16. The van der Waals surface area contributed by atoms with E-state index in [9.17, 15) is 0 Å².